The van der Waals surface area contributed by atoms with Gasteiger partial charge in [-0.3, -0.25) is 4.79 Å². The molecule has 2 rings (SSSR count). The van der Waals surface area contributed by atoms with E-state index in [1.54, 1.807) is 10.9 Å². The van der Waals surface area contributed by atoms with Crippen molar-refractivity contribution in [1.29, 1.82) is 0 Å². The summed E-state index contributed by atoms with van der Waals surface area (Å²) in [6.07, 6.45) is 2.02. The lowest BCUT2D eigenvalue weighted by molar-refractivity contribution is 0.0953. The van der Waals surface area contributed by atoms with E-state index in [1.165, 1.54) is 11.3 Å². The van der Waals surface area contributed by atoms with E-state index in [0.717, 1.165) is 10.4 Å². The highest BCUT2D eigenvalue weighted by Crippen LogP contribution is 2.20. The maximum Gasteiger partial charge on any atom is 0.261 e. The zero-order valence-corrected chi connectivity index (χ0v) is 12.7. The van der Waals surface area contributed by atoms with Crippen molar-refractivity contribution in [2.75, 3.05) is 6.61 Å². The van der Waals surface area contributed by atoms with E-state index < -0.39 is 0 Å². The van der Waals surface area contributed by atoms with Gasteiger partial charge in [-0.15, -0.1) is 21.5 Å². The minimum atomic E-state index is -0.152. The van der Waals surface area contributed by atoms with Gasteiger partial charge in [-0.05, 0) is 18.6 Å². The average molecular weight is 304 g/mol. The van der Waals surface area contributed by atoms with Gasteiger partial charge in [0.05, 0.1) is 22.9 Å². The van der Waals surface area contributed by atoms with Crippen molar-refractivity contribution in [3.63, 3.8) is 0 Å². The Kier molecular flexibility index (Phi) is 5.09. The van der Waals surface area contributed by atoms with Gasteiger partial charge in [0.2, 0.25) is 0 Å². The number of aliphatic hydroxyl groups excluding tert-OH is 1. The van der Waals surface area contributed by atoms with Crippen molar-refractivity contribution in [3.8, 4) is 11.8 Å². The number of nitrogens with one attached hydrogen (secondary N) is 1. The second kappa shape index (κ2) is 7.02. The quantitative estimate of drug-likeness (QED) is 0.821. The van der Waals surface area contributed by atoms with Crippen LogP contribution in [0, 0.1) is 18.8 Å². The van der Waals surface area contributed by atoms with Crippen LogP contribution in [0.15, 0.2) is 12.4 Å². The minimum Gasteiger partial charge on any atom is -0.395 e. The molecule has 6 nitrogen and oxygen atoms in total. The summed E-state index contributed by atoms with van der Waals surface area (Å²) in [5, 5.41) is 19.2. The molecule has 2 heterocycles. The Morgan fingerprint density at radius 1 is 1.57 bits per heavy atom. The molecule has 1 amide bonds. The summed E-state index contributed by atoms with van der Waals surface area (Å²) in [5.41, 5.74) is 0.967. The SMILES string of the molecule is Cc1cc(C(=O)NCc2nncn2C)sc1C#CCCO. The number of aryl methyl sites for hydroxylation is 2. The summed E-state index contributed by atoms with van der Waals surface area (Å²) >= 11 is 1.35. The molecule has 0 aromatic carbocycles. The van der Waals surface area contributed by atoms with E-state index in [-0.39, 0.29) is 12.5 Å². The Balaban J connectivity index is 2.02. The predicted octanol–water partition coefficient (Wildman–Crippen LogP) is 0.849. The van der Waals surface area contributed by atoms with E-state index in [1.807, 2.05) is 20.0 Å². The first-order chi connectivity index (χ1) is 10.1. The summed E-state index contributed by atoms with van der Waals surface area (Å²) in [6, 6.07) is 1.82. The summed E-state index contributed by atoms with van der Waals surface area (Å²) in [6.45, 7) is 2.29. The van der Waals surface area contributed by atoms with Crippen molar-refractivity contribution in [3.05, 3.63) is 33.5 Å². The normalized spacial score (nSPS) is 10.0. The fourth-order valence-corrected chi connectivity index (χ4v) is 2.59. The number of carbonyl (C=O) groups is 1. The maximum atomic E-state index is 12.1. The number of rotatable bonds is 4. The standard InChI is InChI=1S/C14H16N4O2S/c1-10-7-12(21-11(10)5-3-4-6-19)14(20)15-8-13-17-16-9-18(13)2/h7,9,19H,4,6,8H2,1-2H3,(H,15,20). The number of aliphatic hydroxyl groups is 1. The van der Waals surface area contributed by atoms with E-state index in [4.69, 9.17) is 5.11 Å². The number of aromatic nitrogens is 3. The maximum absolute atomic E-state index is 12.1. The van der Waals surface area contributed by atoms with Gasteiger partial charge in [0.1, 0.15) is 6.33 Å². The van der Waals surface area contributed by atoms with Crippen molar-refractivity contribution in [1.82, 2.24) is 20.1 Å². The van der Waals surface area contributed by atoms with Crippen LogP contribution < -0.4 is 5.32 Å². The van der Waals surface area contributed by atoms with Gasteiger partial charge < -0.3 is 15.0 Å². The number of hydrogen-bond donors (Lipinski definition) is 2. The largest absolute Gasteiger partial charge is 0.395 e. The molecule has 0 atom stereocenters. The van der Waals surface area contributed by atoms with Crippen LogP contribution in [0.2, 0.25) is 0 Å². The third kappa shape index (κ3) is 3.90. The molecule has 7 heteroatoms. The Morgan fingerprint density at radius 3 is 3.05 bits per heavy atom. The van der Waals surface area contributed by atoms with E-state index in [0.29, 0.717) is 23.7 Å². The molecular formula is C14H16N4O2S. The van der Waals surface area contributed by atoms with Crippen LogP contribution in [0.3, 0.4) is 0 Å². The van der Waals surface area contributed by atoms with Gasteiger partial charge in [-0.2, -0.15) is 0 Å². The molecule has 21 heavy (non-hydrogen) atoms. The van der Waals surface area contributed by atoms with Crippen molar-refractivity contribution < 1.29 is 9.90 Å². The predicted molar refractivity (Wildman–Crippen MR) is 79.8 cm³/mol. The van der Waals surface area contributed by atoms with E-state index in [2.05, 4.69) is 27.4 Å². The van der Waals surface area contributed by atoms with Crippen LogP contribution in [0.1, 0.15) is 32.4 Å². The molecule has 0 bridgehead atoms. The third-order valence-electron chi connectivity index (χ3n) is 2.79. The second-order valence-corrected chi connectivity index (χ2v) is 5.49. The molecular weight excluding hydrogens is 288 g/mol. The summed E-state index contributed by atoms with van der Waals surface area (Å²) in [5.74, 6) is 6.38. The fraction of sp³-hybridized carbons (Fsp3) is 0.357. The molecule has 0 saturated carbocycles. The number of thiophene rings is 1. The number of nitrogens with zero attached hydrogens (tertiary/aromatic N) is 3. The monoisotopic (exact) mass is 304 g/mol. The molecule has 2 N–H and O–H groups in total. The van der Waals surface area contributed by atoms with Gasteiger partial charge in [0.15, 0.2) is 5.82 Å². The van der Waals surface area contributed by atoms with Crippen LogP contribution in [0.25, 0.3) is 0 Å². The molecule has 0 aliphatic heterocycles. The second-order valence-electron chi connectivity index (χ2n) is 4.44. The minimum absolute atomic E-state index is 0.0441. The molecule has 0 aliphatic rings. The first kappa shape index (κ1) is 15.2. The molecule has 0 radical (unpaired) electrons. The number of carbonyl (C=O) groups excluding carboxylic acids is 1. The average Bonchev–Trinajstić information content (AvgIpc) is 3.03. The Bertz CT molecular complexity index is 693. The lowest BCUT2D eigenvalue weighted by Crippen LogP contribution is -2.23. The molecule has 0 unspecified atom stereocenters. The van der Waals surface area contributed by atoms with Crippen molar-refractivity contribution in [2.45, 2.75) is 19.9 Å². The molecule has 0 fully saturated rings. The van der Waals surface area contributed by atoms with Gasteiger partial charge in [0, 0.05) is 13.5 Å². The van der Waals surface area contributed by atoms with Crippen molar-refractivity contribution in [2.24, 2.45) is 7.05 Å². The van der Waals surface area contributed by atoms with Crippen LogP contribution >= 0.6 is 11.3 Å². The third-order valence-corrected chi connectivity index (χ3v) is 3.94. The van der Waals surface area contributed by atoms with Crippen LogP contribution in [0.5, 0.6) is 0 Å². The lowest BCUT2D eigenvalue weighted by Gasteiger charge is -2.02. The van der Waals surface area contributed by atoms with E-state index >= 15 is 0 Å². The zero-order chi connectivity index (χ0) is 15.2. The number of amides is 1. The van der Waals surface area contributed by atoms with Crippen molar-refractivity contribution >= 4 is 17.2 Å². The zero-order valence-electron chi connectivity index (χ0n) is 11.9. The summed E-state index contributed by atoms with van der Waals surface area (Å²) in [7, 11) is 1.83. The van der Waals surface area contributed by atoms with Gasteiger partial charge in [0.25, 0.3) is 5.91 Å². The summed E-state index contributed by atoms with van der Waals surface area (Å²) < 4.78 is 1.76. The topological polar surface area (TPSA) is 80.0 Å². The Labute approximate surface area is 126 Å². The summed E-state index contributed by atoms with van der Waals surface area (Å²) in [4.78, 5) is 13.6. The van der Waals surface area contributed by atoms with Gasteiger partial charge in [-0.1, -0.05) is 11.8 Å². The fourth-order valence-electron chi connectivity index (χ4n) is 1.63. The van der Waals surface area contributed by atoms with Gasteiger partial charge >= 0.3 is 0 Å². The Hall–Kier alpha value is -2.17. The van der Waals surface area contributed by atoms with Gasteiger partial charge in [-0.25, -0.2) is 0 Å². The lowest BCUT2D eigenvalue weighted by atomic mass is 10.2. The highest BCUT2D eigenvalue weighted by atomic mass is 32.1. The Morgan fingerprint density at radius 2 is 2.38 bits per heavy atom. The first-order valence-corrected chi connectivity index (χ1v) is 7.24. The number of hydrogen-bond acceptors (Lipinski definition) is 5. The highest BCUT2D eigenvalue weighted by molar-refractivity contribution is 7.14. The van der Waals surface area contributed by atoms with Crippen LogP contribution in [-0.4, -0.2) is 32.4 Å². The smallest absolute Gasteiger partial charge is 0.261 e. The molecule has 0 saturated heterocycles. The molecule has 2 aromatic heterocycles. The van der Waals surface area contributed by atoms with Crippen LogP contribution in [0.4, 0.5) is 0 Å². The molecule has 0 spiro atoms. The molecule has 2 aromatic rings. The molecule has 110 valence electrons. The van der Waals surface area contributed by atoms with E-state index in [9.17, 15) is 4.79 Å². The highest BCUT2D eigenvalue weighted by Gasteiger charge is 2.12. The first-order valence-electron chi connectivity index (χ1n) is 6.43. The molecule has 0 aliphatic carbocycles. The van der Waals surface area contributed by atoms with Crippen LogP contribution in [-0.2, 0) is 13.6 Å².